The number of amides is 1. The van der Waals surface area contributed by atoms with Gasteiger partial charge in [-0.2, -0.15) is 0 Å². The molecule has 18 heavy (non-hydrogen) atoms. The number of nitrogens with zero attached hydrogens (tertiary/aromatic N) is 1. The van der Waals surface area contributed by atoms with Gasteiger partial charge in [0.25, 0.3) is 0 Å². The zero-order valence-corrected chi connectivity index (χ0v) is 10.5. The number of carbonyl (C=O) groups is 2. The second kappa shape index (κ2) is 5.67. The third-order valence-corrected chi connectivity index (χ3v) is 3.11. The summed E-state index contributed by atoms with van der Waals surface area (Å²) in [4.78, 5) is 24.8. The van der Waals surface area contributed by atoms with E-state index in [0.717, 1.165) is 5.56 Å². The van der Waals surface area contributed by atoms with Crippen LogP contribution in [0.3, 0.4) is 0 Å². The molecule has 0 bridgehead atoms. The largest absolute Gasteiger partial charge is 0.465 e. The molecule has 1 fully saturated rings. The van der Waals surface area contributed by atoms with E-state index in [4.69, 9.17) is 4.74 Å². The van der Waals surface area contributed by atoms with Gasteiger partial charge in [0.1, 0.15) is 6.54 Å². The summed E-state index contributed by atoms with van der Waals surface area (Å²) in [6.45, 7) is 2.77. The fourth-order valence-corrected chi connectivity index (χ4v) is 2.24. The van der Waals surface area contributed by atoms with Crippen molar-refractivity contribution in [3.63, 3.8) is 0 Å². The average Bonchev–Trinajstić information content (AvgIpc) is 2.72. The molecule has 4 heteroatoms. The minimum absolute atomic E-state index is 0.0249. The van der Waals surface area contributed by atoms with E-state index in [9.17, 15) is 9.59 Å². The lowest BCUT2D eigenvalue weighted by molar-refractivity contribution is -0.147. The summed E-state index contributed by atoms with van der Waals surface area (Å²) in [6.07, 6.45) is 0.476. The number of hydrogen-bond donors (Lipinski definition) is 0. The van der Waals surface area contributed by atoms with Crippen LogP contribution < -0.4 is 0 Å². The van der Waals surface area contributed by atoms with Gasteiger partial charge < -0.3 is 9.64 Å². The van der Waals surface area contributed by atoms with Crippen molar-refractivity contribution in [2.75, 3.05) is 19.7 Å². The van der Waals surface area contributed by atoms with Crippen molar-refractivity contribution in [1.82, 2.24) is 4.90 Å². The van der Waals surface area contributed by atoms with E-state index >= 15 is 0 Å². The summed E-state index contributed by atoms with van der Waals surface area (Å²) < 4.78 is 4.86. The number of rotatable bonds is 4. The van der Waals surface area contributed by atoms with Gasteiger partial charge in [0.05, 0.1) is 6.61 Å². The first kappa shape index (κ1) is 12.6. The molecule has 1 aliphatic heterocycles. The molecule has 0 spiro atoms. The summed E-state index contributed by atoms with van der Waals surface area (Å²) in [5.74, 6) is -0.121. The fourth-order valence-electron chi connectivity index (χ4n) is 2.24. The van der Waals surface area contributed by atoms with E-state index < -0.39 is 0 Å². The molecule has 4 nitrogen and oxygen atoms in total. The summed E-state index contributed by atoms with van der Waals surface area (Å²) in [6, 6.07) is 9.93. The first-order valence-corrected chi connectivity index (χ1v) is 6.19. The van der Waals surface area contributed by atoms with Gasteiger partial charge in [0.15, 0.2) is 0 Å². The highest BCUT2D eigenvalue weighted by molar-refractivity contribution is 5.84. The molecule has 1 amide bonds. The van der Waals surface area contributed by atoms with Crippen molar-refractivity contribution >= 4 is 11.9 Å². The van der Waals surface area contributed by atoms with Crippen LogP contribution in [0.5, 0.6) is 0 Å². The molecule has 0 N–H and O–H groups in total. The van der Waals surface area contributed by atoms with Crippen molar-refractivity contribution in [2.45, 2.75) is 19.3 Å². The van der Waals surface area contributed by atoms with E-state index in [2.05, 4.69) is 0 Å². The molecule has 1 unspecified atom stereocenters. The molecule has 0 aromatic heterocycles. The lowest BCUT2D eigenvalue weighted by Gasteiger charge is -2.15. The van der Waals surface area contributed by atoms with Crippen molar-refractivity contribution < 1.29 is 14.3 Å². The predicted molar refractivity (Wildman–Crippen MR) is 67.0 cm³/mol. The molecule has 0 radical (unpaired) electrons. The molecule has 1 aromatic rings. The van der Waals surface area contributed by atoms with Crippen molar-refractivity contribution in [3.05, 3.63) is 35.9 Å². The summed E-state index contributed by atoms with van der Waals surface area (Å²) in [5, 5.41) is 0. The second-order valence-electron chi connectivity index (χ2n) is 4.39. The second-order valence-corrected chi connectivity index (χ2v) is 4.39. The number of carbonyl (C=O) groups excluding carboxylic acids is 2. The molecule has 0 saturated carbocycles. The van der Waals surface area contributed by atoms with Gasteiger partial charge in [0.2, 0.25) is 5.91 Å². The molecule has 0 aliphatic carbocycles. The highest BCUT2D eigenvalue weighted by Crippen LogP contribution is 2.27. The van der Waals surface area contributed by atoms with Crippen LogP contribution in [0.15, 0.2) is 30.3 Å². The Balaban J connectivity index is 1.97. The van der Waals surface area contributed by atoms with E-state index in [1.165, 1.54) is 0 Å². The minimum atomic E-state index is -0.334. The molecule has 96 valence electrons. The highest BCUT2D eigenvalue weighted by atomic mass is 16.5. The molecule has 2 rings (SSSR count). The quantitative estimate of drug-likeness (QED) is 0.759. The SMILES string of the molecule is CCOC(=O)CN1CC(c2ccccc2)CC1=O. The zero-order chi connectivity index (χ0) is 13.0. The summed E-state index contributed by atoms with van der Waals surface area (Å²) >= 11 is 0. The standard InChI is InChI=1S/C14H17NO3/c1-2-18-14(17)10-15-9-12(8-13(15)16)11-6-4-3-5-7-11/h3-7,12H,2,8-10H2,1H3. The number of benzene rings is 1. The lowest BCUT2D eigenvalue weighted by atomic mass is 9.99. The van der Waals surface area contributed by atoms with E-state index in [-0.39, 0.29) is 24.3 Å². The monoisotopic (exact) mass is 247 g/mol. The first-order chi connectivity index (χ1) is 8.70. The maximum Gasteiger partial charge on any atom is 0.325 e. The molecule has 1 aromatic carbocycles. The van der Waals surface area contributed by atoms with Crippen LogP contribution in [-0.4, -0.2) is 36.5 Å². The Morgan fingerprint density at radius 1 is 1.39 bits per heavy atom. The first-order valence-electron chi connectivity index (χ1n) is 6.19. The van der Waals surface area contributed by atoms with Gasteiger partial charge in [-0.25, -0.2) is 0 Å². The van der Waals surface area contributed by atoms with Gasteiger partial charge >= 0.3 is 5.97 Å². The van der Waals surface area contributed by atoms with Crippen molar-refractivity contribution in [3.8, 4) is 0 Å². The van der Waals surface area contributed by atoms with Crippen molar-refractivity contribution in [2.24, 2.45) is 0 Å². The fraction of sp³-hybridized carbons (Fsp3) is 0.429. The topological polar surface area (TPSA) is 46.6 Å². The Morgan fingerprint density at radius 2 is 2.11 bits per heavy atom. The van der Waals surface area contributed by atoms with Gasteiger partial charge in [-0.3, -0.25) is 9.59 Å². The van der Waals surface area contributed by atoms with Crippen LogP contribution in [0.1, 0.15) is 24.8 Å². The number of likely N-dealkylation sites (tertiary alicyclic amines) is 1. The van der Waals surface area contributed by atoms with Crippen LogP contribution in [0.25, 0.3) is 0 Å². The van der Waals surface area contributed by atoms with Gasteiger partial charge in [-0.1, -0.05) is 30.3 Å². The van der Waals surface area contributed by atoms with E-state index in [1.807, 2.05) is 30.3 Å². The predicted octanol–water partition coefficient (Wildman–Crippen LogP) is 1.57. The zero-order valence-electron chi connectivity index (χ0n) is 10.5. The van der Waals surface area contributed by atoms with Gasteiger partial charge in [-0.05, 0) is 12.5 Å². The Labute approximate surface area is 107 Å². The van der Waals surface area contributed by atoms with Gasteiger partial charge in [0, 0.05) is 18.9 Å². The highest BCUT2D eigenvalue weighted by Gasteiger charge is 2.31. The van der Waals surface area contributed by atoms with Crippen molar-refractivity contribution in [1.29, 1.82) is 0 Å². The molecule has 1 aliphatic rings. The van der Waals surface area contributed by atoms with E-state index in [1.54, 1.807) is 11.8 Å². The Morgan fingerprint density at radius 3 is 2.78 bits per heavy atom. The molecule has 1 saturated heterocycles. The smallest absolute Gasteiger partial charge is 0.325 e. The Bertz CT molecular complexity index is 430. The number of esters is 1. The third kappa shape index (κ3) is 2.88. The Kier molecular flexibility index (Phi) is 3.97. The van der Waals surface area contributed by atoms with Gasteiger partial charge in [-0.15, -0.1) is 0 Å². The molecule has 1 atom stereocenters. The van der Waals surface area contributed by atoms with Crippen LogP contribution in [-0.2, 0) is 14.3 Å². The lowest BCUT2D eigenvalue weighted by Crippen LogP contribution is -2.32. The van der Waals surface area contributed by atoms with E-state index in [0.29, 0.717) is 19.6 Å². The summed E-state index contributed by atoms with van der Waals surface area (Å²) in [7, 11) is 0. The van der Waals surface area contributed by atoms with Crippen LogP contribution in [0, 0.1) is 0 Å². The Hall–Kier alpha value is -1.84. The van der Waals surface area contributed by atoms with Crippen LogP contribution in [0.2, 0.25) is 0 Å². The van der Waals surface area contributed by atoms with Crippen LogP contribution in [0.4, 0.5) is 0 Å². The maximum absolute atomic E-state index is 11.8. The van der Waals surface area contributed by atoms with Crippen LogP contribution >= 0.6 is 0 Å². The maximum atomic E-state index is 11.8. The number of ether oxygens (including phenoxy) is 1. The third-order valence-electron chi connectivity index (χ3n) is 3.11. The molecular formula is C14H17NO3. The minimum Gasteiger partial charge on any atom is -0.465 e. The normalized spacial score (nSPS) is 19.1. The molecular weight excluding hydrogens is 230 g/mol. The molecule has 1 heterocycles. The summed E-state index contributed by atoms with van der Waals surface area (Å²) in [5.41, 5.74) is 1.15. The average molecular weight is 247 g/mol. The number of hydrogen-bond acceptors (Lipinski definition) is 3.